The number of carbonyl (C=O) groups excluding carboxylic acids is 1. The van der Waals surface area contributed by atoms with Crippen LogP contribution in [0.25, 0.3) is 0 Å². The Labute approximate surface area is 160 Å². The molecule has 0 saturated heterocycles. The van der Waals surface area contributed by atoms with E-state index in [0.717, 1.165) is 11.4 Å². The maximum absolute atomic E-state index is 12.2. The third-order valence-corrected chi connectivity index (χ3v) is 4.92. The lowest BCUT2D eigenvalue weighted by molar-refractivity contribution is -0.383. The van der Waals surface area contributed by atoms with Crippen molar-refractivity contribution >= 4 is 40.6 Å². The number of benzene rings is 1. The van der Waals surface area contributed by atoms with Crippen LogP contribution in [0.5, 0.6) is 0 Å². The average Bonchev–Trinajstić information content (AvgIpc) is 2.86. The van der Waals surface area contributed by atoms with Crippen molar-refractivity contribution in [2.45, 2.75) is 25.5 Å². The number of nitrogens with zero attached hydrogens (tertiary/aromatic N) is 3. The van der Waals surface area contributed by atoms with Crippen LogP contribution in [0.4, 0.5) is 11.4 Å². The topological polar surface area (TPSA) is 99.3 Å². The monoisotopic (exact) mass is 398 g/mol. The lowest BCUT2D eigenvalue weighted by Gasteiger charge is -2.09. The van der Waals surface area contributed by atoms with E-state index in [1.165, 1.54) is 30.0 Å². The predicted octanol–water partition coefficient (Wildman–Crippen LogP) is 3.44. The number of carbonyl (C=O) groups is 1. The molecule has 0 bridgehead atoms. The number of nitro benzene ring substituents is 1. The third kappa shape index (κ3) is 4.96. The number of aryl methyl sites for hydroxylation is 1. The molecular formula is C16H19ClN4O4S. The summed E-state index contributed by atoms with van der Waals surface area (Å²) < 4.78 is 7.09. The fraction of sp³-hybridized carbons (Fsp3) is 0.375. The highest BCUT2D eigenvalue weighted by Crippen LogP contribution is 2.28. The molecule has 140 valence electrons. The molecule has 0 spiro atoms. The number of amides is 1. The number of imidazole rings is 1. The molecule has 0 aliphatic heterocycles. The number of anilines is 1. The van der Waals surface area contributed by atoms with Crippen LogP contribution in [0.2, 0.25) is 5.02 Å². The molecule has 2 aromatic rings. The zero-order chi connectivity index (χ0) is 19.3. The number of nitro groups is 1. The number of halogens is 1. The molecule has 0 aliphatic carbocycles. The first-order valence-electron chi connectivity index (χ1n) is 7.72. The first-order chi connectivity index (χ1) is 12.3. The number of methoxy groups -OCH3 is 1. The molecule has 0 radical (unpaired) electrons. The smallest absolute Gasteiger partial charge is 0.294 e. The van der Waals surface area contributed by atoms with Crippen LogP contribution in [0.1, 0.15) is 11.4 Å². The van der Waals surface area contributed by atoms with E-state index < -0.39 is 4.92 Å². The minimum absolute atomic E-state index is 0.0721. The number of rotatable bonds is 8. The number of hydrogen-bond donors (Lipinski definition) is 1. The Kier molecular flexibility index (Phi) is 7.01. The Balaban J connectivity index is 2.06. The summed E-state index contributed by atoms with van der Waals surface area (Å²) in [5.74, 6) is -0.292. The minimum atomic E-state index is -0.585. The summed E-state index contributed by atoms with van der Waals surface area (Å²) in [4.78, 5) is 27.2. The fourth-order valence-corrected chi connectivity index (χ4v) is 3.34. The van der Waals surface area contributed by atoms with Crippen molar-refractivity contribution in [1.82, 2.24) is 9.55 Å². The fourth-order valence-electron chi connectivity index (χ4n) is 2.26. The Morgan fingerprint density at radius 3 is 2.85 bits per heavy atom. The van der Waals surface area contributed by atoms with Gasteiger partial charge in [0, 0.05) is 30.4 Å². The van der Waals surface area contributed by atoms with Crippen molar-refractivity contribution in [3.63, 3.8) is 0 Å². The maximum atomic E-state index is 12.2. The number of aromatic nitrogens is 2. The molecule has 1 amide bonds. The number of ether oxygens (including phenoxy) is 1. The van der Waals surface area contributed by atoms with Gasteiger partial charge in [0.1, 0.15) is 5.69 Å². The number of hydrogen-bond acceptors (Lipinski definition) is 6. The van der Waals surface area contributed by atoms with Crippen molar-refractivity contribution in [2.24, 2.45) is 0 Å². The third-order valence-electron chi connectivity index (χ3n) is 3.70. The second-order valence-electron chi connectivity index (χ2n) is 5.47. The van der Waals surface area contributed by atoms with Crippen LogP contribution < -0.4 is 5.32 Å². The van der Waals surface area contributed by atoms with Gasteiger partial charge in [-0.2, -0.15) is 0 Å². The first-order valence-corrected chi connectivity index (χ1v) is 9.09. The van der Waals surface area contributed by atoms with Crippen molar-refractivity contribution < 1.29 is 14.5 Å². The van der Waals surface area contributed by atoms with E-state index in [0.29, 0.717) is 18.3 Å². The Morgan fingerprint density at radius 2 is 2.19 bits per heavy atom. The summed E-state index contributed by atoms with van der Waals surface area (Å²) in [6, 6.07) is 4.10. The maximum Gasteiger partial charge on any atom is 0.294 e. The summed E-state index contributed by atoms with van der Waals surface area (Å²) in [5, 5.41) is 14.6. The molecular weight excluding hydrogens is 380 g/mol. The van der Waals surface area contributed by atoms with Gasteiger partial charge >= 0.3 is 0 Å². The Morgan fingerprint density at radius 1 is 1.46 bits per heavy atom. The highest BCUT2D eigenvalue weighted by molar-refractivity contribution is 7.99. The molecule has 0 unspecified atom stereocenters. The average molecular weight is 399 g/mol. The van der Waals surface area contributed by atoms with E-state index in [1.807, 2.05) is 18.4 Å². The van der Waals surface area contributed by atoms with Gasteiger partial charge in [-0.1, -0.05) is 23.4 Å². The van der Waals surface area contributed by atoms with E-state index >= 15 is 0 Å². The van der Waals surface area contributed by atoms with Gasteiger partial charge in [-0.05, 0) is 26.0 Å². The molecule has 26 heavy (non-hydrogen) atoms. The number of thioether (sulfide) groups is 1. The zero-order valence-electron chi connectivity index (χ0n) is 14.6. The van der Waals surface area contributed by atoms with Crippen LogP contribution in [0.3, 0.4) is 0 Å². The highest BCUT2D eigenvalue weighted by atomic mass is 35.5. The molecule has 10 heteroatoms. The lowest BCUT2D eigenvalue weighted by Crippen LogP contribution is -2.16. The second kappa shape index (κ2) is 9.02. The molecule has 2 rings (SSSR count). The van der Waals surface area contributed by atoms with E-state index in [2.05, 4.69) is 10.3 Å². The summed E-state index contributed by atoms with van der Waals surface area (Å²) in [6.07, 6.45) is 0. The van der Waals surface area contributed by atoms with Gasteiger partial charge in [0.2, 0.25) is 5.91 Å². The van der Waals surface area contributed by atoms with Gasteiger partial charge in [-0.3, -0.25) is 14.9 Å². The van der Waals surface area contributed by atoms with Gasteiger partial charge < -0.3 is 14.6 Å². The minimum Gasteiger partial charge on any atom is -0.383 e. The van der Waals surface area contributed by atoms with Gasteiger partial charge in [0.05, 0.1) is 23.0 Å². The van der Waals surface area contributed by atoms with Crippen molar-refractivity contribution in [1.29, 1.82) is 0 Å². The normalized spacial score (nSPS) is 10.8. The van der Waals surface area contributed by atoms with Crippen LogP contribution >= 0.6 is 23.4 Å². The molecule has 0 saturated carbocycles. The molecule has 1 aromatic heterocycles. The highest BCUT2D eigenvalue weighted by Gasteiger charge is 2.18. The number of nitrogens with one attached hydrogen (secondary N) is 1. The largest absolute Gasteiger partial charge is 0.383 e. The van der Waals surface area contributed by atoms with Gasteiger partial charge in [0.15, 0.2) is 5.16 Å². The molecule has 0 fully saturated rings. The van der Waals surface area contributed by atoms with E-state index in [4.69, 9.17) is 16.3 Å². The van der Waals surface area contributed by atoms with Crippen LogP contribution in [0, 0.1) is 24.0 Å². The van der Waals surface area contributed by atoms with E-state index in [1.54, 1.807) is 7.11 Å². The summed E-state index contributed by atoms with van der Waals surface area (Å²) in [5.41, 5.74) is 1.76. The van der Waals surface area contributed by atoms with Gasteiger partial charge in [-0.15, -0.1) is 0 Å². The first kappa shape index (κ1) is 20.2. The van der Waals surface area contributed by atoms with Crippen molar-refractivity contribution in [3.8, 4) is 0 Å². The van der Waals surface area contributed by atoms with Crippen molar-refractivity contribution in [2.75, 3.05) is 24.8 Å². The second-order valence-corrected chi connectivity index (χ2v) is 6.84. The quantitative estimate of drug-likeness (QED) is 0.415. The summed E-state index contributed by atoms with van der Waals surface area (Å²) in [6.45, 7) is 5.03. The van der Waals surface area contributed by atoms with Crippen LogP contribution in [0.15, 0.2) is 23.4 Å². The molecule has 1 N–H and O–H groups in total. The molecule has 1 heterocycles. The zero-order valence-corrected chi connectivity index (χ0v) is 16.2. The summed E-state index contributed by atoms with van der Waals surface area (Å²) >= 11 is 7.04. The van der Waals surface area contributed by atoms with Gasteiger partial charge in [0.25, 0.3) is 5.69 Å². The molecule has 0 aliphatic rings. The standard InChI is InChI=1S/C16H19ClN4O4S/c1-10-11(2)20(6-7-25-3)16(18-10)26-9-15(22)19-13-5-4-12(17)8-14(13)21(23)24/h4-5,8H,6-7,9H2,1-3H3,(H,19,22). The lowest BCUT2D eigenvalue weighted by atomic mass is 10.2. The van der Waals surface area contributed by atoms with Crippen molar-refractivity contribution in [3.05, 3.63) is 44.7 Å². The molecule has 1 aromatic carbocycles. The summed E-state index contributed by atoms with van der Waals surface area (Å²) in [7, 11) is 1.62. The van der Waals surface area contributed by atoms with Crippen LogP contribution in [-0.2, 0) is 16.1 Å². The van der Waals surface area contributed by atoms with Gasteiger partial charge in [-0.25, -0.2) is 4.98 Å². The van der Waals surface area contributed by atoms with E-state index in [-0.39, 0.29) is 28.1 Å². The van der Waals surface area contributed by atoms with Crippen LogP contribution in [-0.4, -0.2) is 39.9 Å². The SMILES string of the molecule is COCCn1c(SCC(=O)Nc2ccc(Cl)cc2[N+](=O)[O-])nc(C)c1C. The predicted molar refractivity (Wildman–Crippen MR) is 101 cm³/mol. The van der Waals surface area contributed by atoms with E-state index in [9.17, 15) is 14.9 Å². The Hall–Kier alpha value is -2.10. The molecule has 0 atom stereocenters. The Bertz CT molecular complexity index is 825. The molecule has 8 nitrogen and oxygen atoms in total.